The van der Waals surface area contributed by atoms with Gasteiger partial charge in [0.25, 0.3) is 10.0 Å². The van der Waals surface area contributed by atoms with E-state index in [4.69, 9.17) is 0 Å². The van der Waals surface area contributed by atoms with Crippen LogP contribution in [0.1, 0.15) is 0 Å². The summed E-state index contributed by atoms with van der Waals surface area (Å²) >= 11 is 0. The smallest absolute Gasteiger partial charge is 0.304 e. The first-order valence-electron chi connectivity index (χ1n) is 5.45. The first kappa shape index (κ1) is 14.7. The molecule has 10 heteroatoms. The zero-order valence-electron chi connectivity index (χ0n) is 10.2. The summed E-state index contributed by atoms with van der Waals surface area (Å²) in [5, 5.41) is 10.5. The van der Waals surface area contributed by atoms with Gasteiger partial charge in [-0.05, 0) is 6.07 Å². The molecule has 0 aliphatic carbocycles. The highest BCUT2D eigenvalue weighted by atomic mass is 32.2. The van der Waals surface area contributed by atoms with Gasteiger partial charge in [-0.15, -0.1) is 0 Å². The van der Waals surface area contributed by atoms with E-state index >= 15 is 0 Å². The van der Waals surface area contributed by atoms with Crippen molar-refractivity contribution in [2.75, 3.05) is 4.72 Å². The molecule has 1 aromatic carbocycles. The molecule has 0 fully saturated rings. The van der Waals surface area contributed by atoms with Crippen LogP contribution in [0.3, 0.4) is 0 Å². The largest absolute Gasteiger partial charge is 0.366 e. The molecule has 2 N–H and O–H groups in total. The summed E-state index contributed by atoms with van der Waals surface area (Å²) in [6.07, 6.45) is 2.24. The van der Waals surface area contributed by atoms with Crippen molar-refractivity contribution in [2.24, 2.45) is 0 Å². The van der Waals surface area contributed by atoms with Gasteiger partial charge < -0.3 is 4.98 Å². The minimum atomic E-state index is -4.22. The van der Waals surface area contributed by atoms with E-state index in [9.17, 15) is 27.7 Å². The summed E-state index contributed by atoms with van der Waals surface area (Å²) in [5.41, 5.74) is -1.76. The van der Waals surface area contributed by atoms with Crippen molar-refractivity contribution in [3.05, 3.63) is 62.8 Å². The fourth-order valence-corrected chi connectivity index (χ4v) is 2.64. The van der Waals surface area contributed by atoms with Gasteiger partial charge in [0.05, 0.1) is 10.6 Å². The van der Waals surface area contributed by atoms with Gasteiger partial charge in [-0.2, -0.15) is 4.39 Å². The van der Waals surface area contributed by atoms with Crippen molar-refractivity contribution in [1.82, 2.24) is 4.98 Å². The van der Waals surface area contributed by atoms with E-state index in [2.05, 4.69) is 4.98 Å². The van der Waals surface area contributed by atoms with E-state index in [0.717, 1.165) is 24.4 Å². The molecule has 8 nitrogen and oxygen atoms in total. The molecule has 0 aliphatic heterocycles. The number of aromatic nitrogens is 1. The Morgan fingerprint density at radius 1 is 1.29 bits per heavy atom. The Bertz CT molecular complexity index is 862. The average molecular weight is 313 g/mol. The molecule has 0 saturated carbocycles. The summed E-state index contributed by atoms with van der Waals surface area (Å²) in [6, 6.07) is 3.52. The lowest BCUT2D eigenvalue weighted by Gasteiger charge is -2.07. The number of nitrogens with zero attached hydrogens (tertiary/aromatic N) is 1. The monoisotopic (exact) mass is 313 g/mol. The zero-order valence-corrected chi connectivity index (χ0v) is 11.1. The number of nitro groups is 1. The van der Waals surface area contributed by atoms with E-state index in [1.807, 2.05) is 4.72 Å². The molecular formula is C11H8FN3O5S. The Hall–Kier alpha value is -2.75. The lowest BCUT2D eigenvalue weighted by molar-refractivity contribution is -0.387. The maximum atomic E-state index is 13.4. The standard InChI is InChI=1S/C11H8FN3O5S/c12-8-5-7(1-2-9(8)15(17)18)14-21(19,20)11-6-13-4-3-10(11)16/h1-6,14H,(H,13,16). The van der Waals surface area contributed by atoms with Crippen molar-refractivity contribution in [1.29, 1.82) is 0 Å². The molecule has 1 aromatic heterocycles. The SMILES string of the molecule is O=c1cc[nH]cc1S(=O)(=O)Nc1ccc([N+](=O)[O-])c(F)c1. The van der Waals surface area contributed by atoms with Crippen LogP contribution in [0.25, 0.3) is 0 Å². The summed E-state index contributed by atoms with van der Waals surface area (Å²) in [7, 11) is -4.22. The minimum absolute atomic E-state index is 0.235. The molecule has 0 unspecified atom stereocenters. The predicted molar refractivity (Wildman–Crippen MR) is 70.9 cm³/mol. The van der Waals surface area contributed by atoms with Crippen LogP contribution in [-0.2, 0) is 10.0 Å². The average Bonchev–Trinajstić information content (AvgIpc) is 2.38. The van der Waals surface area contributed by atoms with E-state index < -0.39 is 36.8 Å². The van der Waals surface area contributed by atoms with Gasteiger partial charge in [-0.1, -0.05) is 0 Å². The van der Waals surface area contributed by atoms with Crippen LogP contribution in [0, 0.1) is 15.9 Å². The predicted octanol–water partition coefficient (Wildman–Crippen LogP) is 1.22. The van der Waals surface area contributed by atoms with Crippen LogP contribution < -0.4 is 10.2 Å². The summed E-state index contributed by atoms with van der Waals surface area (Å²) < 4.78 is 39.3. The molecule has 21 heavy (non-hydrogen) atoms. The zero-order chi connectivity index (χ0) is 15.6. The highest BCUT2D eigenvalue weighted by Gasteiger charge is 2.20. The maximum absolute atomic E-state index is 13.4. The first-order chi connectivity index (χ1) is 9.81. The van der Waals surface area contributed by atoms with Gasteiger partial charge in [0.15, 0.2) is 4.90 Å². The lowest BCUT2D eigenvalue weighted by Crippen LogP contribution is -2.21. The van der Waals surface area contributed by atoms with Gasteiger partial charge >= 0.3 is 5.69 Å². The third-order valence-corrected chi connectivity index (χ3v) is 3.88. The molecule has 1 heterocycles. The number of hydrogen-bond acceptors (Lipinski definition) is 5. The number of rotatable bonds is 4. The molecule has 0 radical (unpaired) electrons. The van der Waals surface area contributed by atoms with Crippen molar-refractivity contribution < 1.29 is 17.7 Å². The van der Waals surface area contributed by atoms with Crippen LogP contribution in [0.5, 0.6) is 0 Å². The number of halogens is 1. The van der Waals surface area contributed by atoms with Crippen LogP contribution in [0.15, 0.2) is 46.3 Å². The van der Waals surface area contributed by atoms with Crippen molar-refractivity contribution in [2.45, 2.75) is 4.90 Å². The lowest BCUT2D eigenvalue weighted by atomic mass is 10.3. The molecule has 2 rings (SSSR count). The number of H-pyrrole nitrogens is 1. The van der Waals surface area contributed by atoms with Crippen molar-refractivity contribution in [3.63, 3.8) is 0 Å². The second-order valence-electron chi connectivity index (χ2n) is 3.90. The normalized spacial score (nSPS) is 11.1. The number of nitro benzene ring substituents is 1. The Kier molecular flexibility index (Phi) is 3.72. The second kappa shape index (κ2) is 5.32. The second-order valence-corrected chi connectivity index (χ2v) is 5.55. The molecule has 0 saturated heterocycles. The number of nitrogens with one attached hydrogen (secondary N) is 2. The number of aromatic amines is 1. The van der Waals surface area contributed by atoms with Gasteiger partial charge in [-0.25, -0.2) is 8.42 Å². The topological polar surface area (TPSA) is 122 Å². The highest BCUT2D eigenvalue weighted by molar-refractivity contribution is 7.92. The van der Waals surface area contributed by atoms with E-state index in [0.29, 0.717) is 6.07 Å². The molecule has 0 atom stereocenters. The van der Waals surface area contributed by atoms with E-state index in [1.54, 1.807) is 0 Å². The fourth-order valence-electron chi connectivity index (χ4n) is 1.54. The van der Waals surface area contributed by atoms with Crippen LogP contribution in [-0.4, -0.2) is 18.3 Å². The van der Waals surface area contributed by atoms with Gasteiger partial charge in [-0.3, -0.25) is 19.6 Å². The molecule has 2 aromatic rings. The minimum Gasteiger partial charge on any atom is -0.366 e. The van der Waals surface area contributed by atoms with Crippen molar-refractivity contribution >= 4 is 21.4 Å². The Labute approximate surface area is 117 Å². The maximum Gasteiger partial charge on any atom is 0.304 e. The Morgan fingerprint density at radius 3 is 2.57 bits per heavy atom. The summed E-state index contributed by atoms with van der Waals surface area (Å²) in [6.45, 7) is 0. The molecular weight excluding hydrogens is 305 g/mol. The summed E-state index contributed by atoms with van der Waals surface area (Å²) in [4.78, 5) is 22.9. The molecule has 0 bridgehead atoms. The highest BCUT2D eigenvalue weighted by Crippen LogP contribution is 2.22. The van der Waals surface area contributed by atoms with E-state index in [1.165, 1.54) is 6.20 Å². The molecule has 0 spiro atoms. The quantitative estimate of drug-likeness (QED) is 0.649. The Balaban J connectivity index is 2.38. The van der Waals surface area contributed by atoms with E-state index in [-0.39, 0.29) is 5.69 Å². The van der Waals surface area contributed by atoms with Crippen molar-refractivity contribution in [3.8, 4) is 0 Å². The number of benzene rings is 1. The Morgan fingerprint density at radius 2 is 2.00 bits per heavy atom. The molecule has 0 amide bonds. The third kappa shape index (κ3) is 3.05. The number of anilines is 1. The third-order valence-electron chi connectivity index (χ3n) is 2.47. The van der Waals surface area contributed by atoms with Crippen LogP contribution >= 0.6 is 0 Å². The van der Waals surface area contributed by atoms with Gasteiger partial charge in [0, 0.05) is 30.6 Å². The van der Waals surface area contributed by atoms with Gasteiger partial charge in [0.2, 0.25) is 11.2 Å². The number of sulfonamides is 1. The van der Waals surface area contributed by atoms with Crippen LogP contribution in [0.2, 0.25) is 0 Å². The first-order valence-corrected chi connectivity index (χ1v) is 6.93. The molecule has 0 aliphatic rings. The fraction of sp³-hybridized carbons (Fsp3) is 0. The number of pyridine rings is 1. The molecule has 110 valence electrons. The van der Waals surface area contributed by atoms with Gasteiger partial charge in [0.1, 0.15) is 0 Å². The summed E-state index contributed by atoms with van der Waals surface area (Å²) in [5.74, 6) is -1.19. The number of hydrogen-bond donors (Lipinski definition) is 2. The van der Waals surface area contributed by atoms with Crippen LogP contribution in [0.4, 0.5) is 15.8 Å².